The lowest BCUT2D eigenvalue weighted by atomic mass is 9.85. The Morgan fingerprint density at radius 1 is 1.00 bits per heavy atom. The van der Waals surface area contributed by atoms with Gasteiger partial charge in [-0.25, -0.2) is 0 Å². The van der Waals surface area contributed by atoms with Gasteiger partial charge in [-0.1, -0.05) is 30.3 Å². The number of rotatable bonds is 7. The van der Waals surface area contributed by atoms with Crippen molar-refractivity contribution < 1.29 is 14.3 Å². The van der Waals surface area contributed by atoms with Crippen LogP contribution >= 0.6 is 0 Å². The molecule has 3 heterocycles. The number of aryl methyl sites for hydroxylation is 1. The molecule has 3 aliphatic heterocycles. The molecule has 0 aliphatic carbocycles. The molecule has 2 amide bonds. The summed E-state index contributed by atoms with van der Waals surface area (Å²) < 4.78 is 5.40. The Hall–Kier alpha value is -1.92. The van der Waals surface area contributed by atoms with Crippen LogP contribution in [0.25, 0.3) is 0 Å². The van der Waals surface area contributed by atoms with Gasteiger partial charge in [0.1, 0.15) is 0 Å². The third-order valence-electron chi connectivity index (χ3n) is 6.80. The second-order valence-electron chi connectivity index (χ2n) is 8.68. The highest BCUT2D eigenvalue weighted by Gasteiger charge is 2.51. The fourth-order valence-corrected chi connectivity index (χ4v) is 4.90. The maximum atomic E-state index is 13.1. The predicted molar refractivity (Wildman–Crippen MR) is 111 cm³/mol. The standard InChI is InChI=1S/C23H33N3O3/c27-21(8-4-7-20-5-2-1-3-6-20)26-12-10-23(19-26)9-11-25(22(23)28)14-13-24-15-17-29-18-16-24/h1-3,5-6H,4,7-19H2. The maximum absolute atomic E-state index is 13.1. The predicted octanol–water partition coefficient (Wildman–Crippen LogP) is 1.79. The first kappa shape index (κ1) is 20.4. The van der Waals surface area contributed by atoms with Crippen LogP contribution < -0.4 is 0 Å². The number of carbonyl (C=O) groups excluding carboxylic acids is 2. The summed E-state index contributed by atoms with van der Waals surface area (Å²) in [4.78, 5) is 32.1. The normalized spacial score (nSPS) is 25.3. The van der Waals surface area contributed by atoms with Crippen LogP contribution in [0.2, 0.25) is 0 Å². The zero-order valence-electron chi connectivity index (χ0n) is 17.4. The molecule has 29 heavy (non-hydrogen) atoms. The van der Waals surface area contributed by atoms with Crippen molar-refractivity contribution in [1.29, 1.82) is 0 Å². The van der Waals surface area contributed by atoms with Crippen molar-refractivity contribution >= 4 is 11.8 Å². The van der Waals surface area contributed by atoms with E-state index < -0.39 is 0 Å². The Labute approximate surface area is 173 Å². The zero-order chi connectivity index (χ0) is 20.1. The SMILES string of the molecule is O=C(CCCc1ccccc1)N1CCC2(CCN(CCN3CCOCC3)C2=O)C1. The third kappa shape index (κ3) is 4.81. The highest BCUT2D eigenvalue weighted by Crippen LogP contribution is 2.40. The maximum Gasteiger partial charge on any atom is 0.230 e. The van der Waals surface area contributed by atoms with Crippen molar-refractivity contribution in [3.63, 3.8) is 0 Å². The van der Waals surface area contributed by atoms with Gasteiger partial charge in [0.05, 0.1) is 18.6 Å². The highest BCUT2D eigenvalue weighted by molar-refractivity contribution is 5.87. The minimum atomic E-state index is -0.319. The Bertz CT molecular complexity index is 705. The number of carbonyl (C=O) groups is 2. The van der Waals surface area contributed by atoms with Gasteiger partial charge in [0.2, 0.25) is 11.8 Å². The number of morpholine rings is 1. The fraction of sp³-hybridized carbons (Fsp3) is 0.652. The van der Waals surface area contributed by atoms with E-state index >= 15 is 0 Å². The van der Waals surface area contributed by atoms with Gasteiger partial charge in [0.25, 0.3) is 0 Å². The molecule has 0 bridgehead atoms. The molecule has 0 saturated carbocycles. The summed E-state index contributed by atoms with van der Waals surface area (Å²) in [6.07, 6.45) is 4.08. The molecule has 6 nitrogen and oxygen atoms in total. The number of ether oxygens (including phenoxy) is 1. The lowest BCUT2D eigenvalue weighted by Crippen LogP contribution is -2.43. The quantitative estimate of drug-likeness (QED) is 0.702. The van der Waals surface area contributed by atoms with Crippen LogP contribution in [-0.4, -0.2) is 85.5 Å². The molecule has 158 valence electrons. The van der Waals surface area contributed by atoms with E-state index in [4.69, 9.17) is 4.74 Å². The summed E-state index contributed by atoms with van der Waals surface area (Å²) in [5.74, 6) is 0.475. The average Bonchev–Trinajstić information content (AvgIpc) is 3.33. The summed E-state index contributed by atoms with van der Waals surface area (Å²) in [6.45, 7) is 7.39. The molecule has 1 unspecified atom stereocenters. The van der Waals surface area contributed by atoms with Gasteiger partial charge in [-0.05, 0) is 31.2 Å². The van der Waals surface area contributed by atoms with Crippen LogP contribution in [0.4, 0.5) is 0 Å². The van der Waals surface area contributed by atoms with Gasteiger partial charge in [-0.2, -0.15) is 0 Å². The van der Waals surface area contributed by atoms with E-state index in [0.29, 0.717) is 13.0 Å². The van der Waals surface area contributed by atoms with E-state index in [9.17, 15) is 9.59 Å². The summed E-state index contributed by atoms with van der Waals surface area (Å²) in [6, 6.07) is 10.3. The smallest absolute Gasteiger partial charge is 0.230 e. The van der Waals surface area contributed by atoms with E-state index in [0.717, 1.165) is 78.2 Å². The average molecular weight is 400 g/mol. The first-order valence-electron chi connectivity index (χ1n) is 11.1. The lowest BCUT2D eigenvalue weighted by molar-refractivity contribution is -0.136. The Morgan fingerprint density at radius 3 is 2.55 bits per heavy atom. The van der Waals surface area contributed by atoms with E-state index in [1.165, 1.54) is 5.56 Å². The van der Waals surface area contributed by atoms with Crippen molar-refractivity contribution in [2.24, 2.45) is 5.41 Å². The van der Waals surface area contributed by atoms with Crippen LogP contribution in [0.1, 0.15) is 31.2 Å². The number of benzene rings is 1. The first-order valence-corrected chi connectivity index (χ1v) is 11.1. The second-order valence-corrected chi connectivity index (χ2v) is 8.68. The Balaban J connectivity index is 1.22. The molecular weight excluding hydrogens is 366 g/mol. The molecule has 4 rings (SSSR count). The minimum Gasteiger partial charge on any atom is -0.379 e. The Kier molecular flexibility index (Phi) is 6.50. The molecule has 1 aromatic rings. The minimum absolute atomic E-state index is 0.206. The van der Waals surface area contributed by atoms with Crippen LogP contribution in [0.5, 0.6) is 0 Å². The van der Waals surface area contributed by atoms with Gasteiger partial charge in [0.15, 0.2) is 0 Å². The summed E-state index contributed by atoms with van der Waals surface area (Å²) in [5.41, 5.74) is 0.958. The van der Waals surface area contributed by atoms with Crippen molar-refractivity contribution in [2.45, 2.75) is 32.1 Å². The van der Waals surface area contributed by atoms with E-state index in [1.807, 2.05) is 28.0 Å². The van der Waals surface area contributed by atoms with Crippen molar-refractivity contribution in [3.05, 3.63) is 35.9 Å². The number of hydrogen-bond acceptors (Lipinski definition) is 4. The fourth-order valence-electron chi connectivity index (χ4n) is 4.90. The largest absolute Gasteiger partial charge is 0.379 e. The van der Waals surface area contributed by atoms with Crippen LogP contribution in [0.15, 0.2) is 30.3 Å². The van der Waals surface area contributed by atoms with E-state index in [2.05, 4.69) is 17.0 Å². The van der Waals surface area contributed by atoms with Crippen molar-refractivity contribution in [3.8, 4) is 0 Å². The lowest BCUT2D eigenvalue weighted by Gasteiger charge is -2.29. The molecule has 0 radical (unpaired) electrons. The Morgan fingerprint density at radius 2 is 1.76 bits per heavy atom. The molecule has 0 N–H and O–H groups in total. The molecule has 1 aromatic carbocycles. The molecule has 1 spiro atoms. The van der Waals surface area contributed by atoms with Gasteiger partial charge in [-0.15, -0.1) is 0 Å². The topological polar surface area (TPSA) is 53.1 Å². The van der Waals surface area contributed by atoms with Crippen LogP contribution in [-0.2, 0) is 20.7 Å². The number of nitrogens with zero attached hydrogens (tertiary/aromatic N) is 3. The molecule has 3 fully saturated rings. The summed E-state index contributed by atoms with van der Waals surface area (Å²) >= 11 is 0. The van der Waals surface area contributed by atoms with E-state index in [-0.39, 0.29) is 17.2 Å². The van der Waals surface area contributed by atoms with Gasteiger partial charge in [0, 0.05) is 52.2 Å². The van der Waals surface area contributed by atoms with Gasteiger partial charge >= 0.3 is 0 Å². The van der Waals surface area contributed by atoms with Crippen molar-refractivity contribution in [2.75, 3.05) is 59.0 Å². The summed E-state index contributed by atoms with van der Waals surface area (Å²) in [5, 5.41) is 0. The van der Waals surface area contributed by atoms with Gasteiger partial charge < -0.3 is 14.5 Å². The van der Waals surface area contributed by atoms with Crippen LogP contribution in [0.3, 0.4) is 0 Å². The monoisotopic (exact) mass is 399 g/mol. The summed E-state index contributed by atoms with van der Waals surface area (Å²) in [7, 11) is 0. The molecule has 1 atom stereocenters. The number of hydrogen-bond donors (Lipinski definition) is 0. The molecule has 0 aromatic heterocycles. The molecular formula is C23H33N3O3. The number of amides is 2. The molecule has 6 heteroatoms. The third-order valence-corrected chi connectivity index (χ3v) is 6.80. The molecule has 3 aliphatic rings. The van der Waals surface area contributed by atoms with Crippen LogP contribution in [0, 0.1) is 5.41 Å². The number of likely N-dealkylation sites (tertiary alicyclic amines) is 2. The zero-order valence-corrected chi connectivity index (χ0v) is 17.4. The first-order chi connectivity index (χ1) is 14.2. The van der Waals surface area contributed by atoms with E-state index in [1.54, 1.807) is 0 Å². The van der Waals surface area contributed by atoms with Crippen molar-refractivity contribution in [1.82, 2.24) is 14.7 Å². The van der Waals surface area contributed by atoms with Gasteiger partial charge in [-0.3, -0.25) is 14.5 Å². The second kappa shape index (κ2) is 9.26. The molecule has 3 saturated heterocycles. The highest BCUT2D eigenvalue weighted by atomic mass is 16.5.